The molecule has 0 saturated heterocycles. The Bertz CT molecular complexity index is 1270. The summed E-state index contributed by atoms with van der Waals surface area (Å²) in [7, 11) is 0. The topological polar surface area (TPSA) is 30.2 Å². The fourth-order valence-corrected chi connectivity index (χ4v) is 3.77. The van der Waals surface area contributed by atoms with Gasteiger partial charge >= 0.3 is 6.18 Å². The lowest BCUT2D eigenvalue weighted by atomic mass is 9.99. The number of aliphatic imine (C=N–C) groups is 1. The van der Waals surface area contributed by atoms with Crippen molar-refractivity contribution in [3.63, 3.8) is 0 Å². The summed E-state index contributed by atoms with van der Waals surface area (Å²) < 4.78 is 42.8. The van der Waals surface area contributed by atoms with Crippen molar-refractivity contribution in [2.75, 3.05) is 0 Å². The van der Waals surface area contributed by atoms with Gasteiger partial charge in [-0.25, -0.2) is 9.98 Å². The molecular formula is C28H26F3N3. The number of unbranched alkanes of at least 4 members (excludes halogenated alkanes) is 1. The number of hydrogen-bond acceptors (Lipinski definition) is 2. The van der Waals surface area contributed by atoms with Gasteiger partial charge in [-0.2, -0.15) is 13.2 Å². The van der Waals surface area contributed by atoms with Gasteiger partial charge in [0.15, 0.2) is 0 Å². The maximum absolute atomic E-state index is 13.7. The summed E-state index contributed by atoms with van der Waals surface area (Å²) >= 11 is 0. The van der Waals surface area contributed by atoms with E-state index in [1.165, 1.54) is 11.9 Å². The van der Waals surface area contributed by atoms with E-state index in [1.54, 1.807) is 23.8 Å². The Balaban J connectivity index is 1.84. The van der Waals surface area contributed by atoms with Crippen molar-refractivity contribution in [3.8, 4) is 5.69 Å². The molecule has 0 amide bonds. The van der Waals surface area contributed by atoms with Gasteiger partial charge in [-0.05, 0) is 43.5 Å². The van der Waals surface area contributed by atoms with E-state index in [1.807, 2.05) is 42.5 Å². The predicted molar refractivity (Wildman–Crippen MR) is 130 cm³/mol. The molecule has 4 rings (SSSR count). The van der Waals surface area contributed by atoms with Gasteiger partial charge in [-0.3, -0.25) is 0 Å². The second kappa shape index (κ2) is 10.1. The number of nitrogens with zero attached hydrogens (tertiary/aromatic N) is 3. The minimum Gasteiger partial charge on any atom is -0.306 e. The summed E-state index contributed by atoms with van der Waals surface area (Å²) in [6.07, 6.45) is 1.92. The standard InChI is InChI=1S/C28H26F3N3/c1-3-4-8-21-11-13-23(14-12-21)27(22-9-6-5-7-10-22)33-25-15-24(28(29,30)31)16-26(17-25)34-18-20(2)32-19-34/h5-7,9-19H,3-4,8H2,1-2H3. The Morgan fingerprint density at radius 2 is 1.65 bits per heavy atom. The van der Waals surface area contributed by atoms with E-state index in [2.05, 4.69) is 24.0 Å². The third kappa shape index (κ3) is 5.63. The Hall–Kier alpha value is -3.67. The van der Waals surface area contributed by atoms with Gasteiger partial charge < -0.3 is 4.57 Å². The predicted octanol–water partition coefficient (Wildman–Crippen LogP) is 7.71. The van der Waals surface area contributed by atoms with Crippen molar-refractivity contribution in [2.45, 2.75) is 39.3 Å². The summed E-state index contributed by atoms with van der Waals surface area (Å²) in [5.41, 5.74) is 4.09. The Kier molecular flexibility index (Phi) is 6.96. The SMILES string of the molecule is CCCCc1ccc(C(=Nc2cc(-n3cnc(C)c3)cc(C(F)(F)F)c2)c2ccccc2)cc1. The molecule has 3 aromatic carbocycles. The lowest BCUT2D eigenvalue weighted by Crippen LogP contribution is -2.07. The minimum absolute atomic E-state index is 0.227. The molecule has 174 valence electrons. The van der Waals surface area contributed by atoms with Crippen LogP contribution < -0.4 is 0 Å². The monoisotopic (exact) mass is 461 g/mol. The lowest BCUT2D eigenvalue weighted by molar-refractivity contribution is -0.137. The smallest absolute Gasteiger partial charge is 0.306 e. The van der Waals surface area contributed by atoms with Gasteiger partial charge in [0.25, 0.3) is 0 Å². The molecule has 0 radical (unpaired) electrons. The number of halogens is 3. The number of aryl methyl sites for hydroxylation is 2. The number of benzene rings is 3. The van der Waals surface area contributed by atoms with Gasteiger partial charge in [-0.15, -0.1) is 0 Å². The lowest BCUT2D eigenvalue weighted by Gasteiger charge is -2.13. The van der Waals surface area contributed by atoms with E-state index in [-0.39, 0.29) is 5.69 Å². The van der Waals surface area contributed by atoms with Gasteiger partial charge in [0.05, 0.1) is 29.0 Å². The summed E-state index contributed by atoms with van der Waals surface area (Å²) in [6.45, 7) is 3.95. The van der Waals surface area contributed by atoms with Crippen LogP contribution in [0.5, 0.6) is 0 Å². The van der Waals surface area contributed by atoms with Gasteiger partial charge in [0.2, 0.25) is 0 Å². The highest BCUT2D eigenvalue weighted by atomic mass is 19.4. The van der Waals surface area contributed by atoms with Crippen LogP contribution >= 0.6 is 0 Å². The number of imidazole rings is 1. The quantitative estimate of drug-likeness (QED) is 0.259. The molecule has 0 unspecified atom stereocenters. The van der Waals surface area contributed by atoms with Gasteiger partial charge in [-0.1, -0.05) is 67.9 Å². The molecule has 0 bridgehead atoms. The van der Waals surface area contributed by atoms with Crippen LogP contribution in [0.2, 0.25) is 0 Å². The number of aromatic nitrogens is 2. The van der Waals surface area contributed by atoms with Crippen molar-refractivity contribution in [1.29, 1.82) is 0 Å². The molecule has 34 heavy (non-hydrogen) atoms. The van der Waals surface area contributed by atoms with E-state index < -0.39 is 11.7 Å². The third-order valence-corrected chi connectivity index (χ3v) is 5.57. The average Bonchev–Trinajstić information content (AvgIpc) is 3.28. The van der Waals surface area contributed by atoms with Gasteiger partial charge in [0.1, 0.15) is 0 Å². The molecule has 1 aromatic heterocycles. The highest BCUT2D eigenvalue weighted by Gasteiger charge is 2.31. The molecule has 6 heteroatoms. The molecule has 0 atom stereocenters. The van der Waals surface area contributed by atoms with Crippen molar-refractivity contribution in [1.82, 2.24) is 9.55 Å². The zero-order valence-corrected chi connectivity index (χ0v) is 19.2. The van der Waals surface area contributed by atoms with Crippen molar-refractivity contribution in [2.24, 2.45) is 4.99 Å². The summed E-state index contributed by atoms with van der Waals surface area (Å²) in [5.74, 6) is 0. The summed E-state index contributed by atoms with van der Waals surface area (Å²) in [5, 5.41) is 0. The number of rotatable bonds is 7. The molecule has 0 aliphatic carbocycles. The molecule has 4 aromatic rings. The first-order valence-electron chi connectivity index (χ1n) is 11.3. The fourth-order valence-electron chi connectivity index (χ4n) is 3.77. The molecule has 0 spiro atoms. The van der Waals surface area contributed by atoms with Gasteiger partial charge in [0, 0.05) is 23.0 Å². The van der Waals surface area contributed by atoms with Crippen molar-refractivity contribution >= 4 is 11.4 Å². The van der Waals surface area contributed by atoms with Crippen LogP contribution in [-0.4, -0.2) is 15.3 Å². The Morgan fingerprint density at radius 1 is 0.941 bits per heavy atom. The van der Waals surface area contributed by atoms with Crippen LogP contribution in [0.25, 0.3) is 5.69 Å². The van der Waals surface area contributed by atoms with Crippen LogP contribution in [0.4, 0.5) is 18.9 Å². The highest BCUT2D eigenvalue weighted by Crippen LogP contribution is 2.34. The Labute approximate surface area is 197 Å². The first-order chi connectivity index (χ1) is 16.3. The van der Waals surface area contributed by atoms with Crippen LogP contribution in [0.1, 0.15) is 47.7 Å². The second-order valence-corrected chi connectivity index (χ2v) is 8.29. The van der Waals surface area contributed by atoms with E-state index in [0.29, 0.717) is 11.4 Å². The maximum atomic E-state index is 13.7. The second-order valence-electron chi connectivity index (χ2n) is 8.29. The largest absolute Gasteiger partial charge is 0.416 e. The molecular weight excluding hydrogens is 435 g/mol. The van der Waals surface area contributed by atoms with E-state index in [9.17, 15) is 13.2 Å². The molecule has 0 fully saturated rings. The molecule has 0 aliphatic heterocycles. The van der Waals surface area contributed by atoms with E-state index in [0.717, 1.165) is 48.2 Å². The highest BCUT2D eigenvalue weighted by molar-refractivity contribution is 6.14. The third-order valence-electron chi connectivity index (χ3n) is 5.57. The van der Waals surface area contributed by atoms with Crippen LogP contribution in [0, 0.1) is 6.92 Å². The first kappa shape index (κ1) is 23.5. The van der Waals surface area contributed by atoms with Crippen LogP contribution in [-0.2, 0) is 12.6 Å². The minimum atomic E-state index is -4.50. The summed E-state index contributed by atoms with van der Waals surface area (Å²) in [6, 6.07) is 21.5. The molecule has 3 nitrogen and oxygen atoms in total. The zero-order valence-electron chi connectivity index (χ0n) is 19.2. The van der Waals surface area contributed by atoms with Crippen LogP contribution in [0.15, 0.2) is 90.3 Å². The first-order valence-corrected chi connectivity index (χ1v) is 11.3. The zero-order chi connectivity index (χ0) is 24.1. The van der Waals surface area contributed by atoms with E-state index in [4.69, 9.17) is 4.99 Å². The normalized spacial score (nSPS) is 12.2. The molecule has 0 saturated carbocycles. The number of hydrogen-bond donors (Lipinski definition) is 0. The molecule has 0 N–H and O–H groups in total. The fraction of sp³-hybridized carbons (Fsp3) is 0.214. The molecule has 0 aliphatic rings. The average molecular weight is 462 g/mol. The Morgan fingerprint density at radius 3 is 2.26 bits per heavy atom. The molecule has 1 heterocycles. The van der Waals surface area contributed by atoms with E-state index >= 15 is 0 Å². The number of alkyl halides is 3. The van der Waals surface area contributed by atoms with Crippen molar-refractivity contribution in [3.05, 3.63) is 113 Å². The van der Waals surface area contributed by atoms with Crippen LogP contribution in [0.3, 0.4) is 0 Å². The maximum Gasteiger partial charge on any atom is 0.416 e. The van der Waals surface area contributed by atoms with Crippen molar-refractivity contribution < 1.29 is 13.2 Å². The summed E-state index contributed by atoms with van der Waals surface area (Å²) in [4.78, 5) is 8.89.